The maximum absolute atomic E-state index is 11.7. The average molecular weight is 225 g/mol. The molecule has 0 fully saturated rings. The minimum atomic E-state index is -3.23. The van der Waals surface area contributed by atoms with Crippen molar-refractivity contribution < 1.29 is 13.3 Å². The number of sulfone groups is 1. The van der Waals surface area contributed by atoms with Crippen LogP contribution >= 0.6 is 0 Å². The topological polar surface area (TPSA) is 69.4 Å². The summed E-state index contributed by atoms with van der Waals surface area (Å²) >= 11 is 0. The summed E-state index contributed by atoms with van der Waals surface area (Å²) in [6, 6.07) is 5.07. The summed E-state index contributed by atoms with van der Waals surface area (Å²) in [6.45, 7) is 1.87. The van der Waals surface area contributed by atoms with E-state index in [0.29, 0.717) is 15.4 Å². The molecule has 80 valence electrons. The summed E-state index contributed by atoms with van der Waals surface area (Å²) in [5, 5.41) is 0. The first-order chi connectivity index (χ1) is 7.05. The van der Waals surface area contributed by atoms with E-state index in [-0.39, 0.29) is 6.61 Å². The van der Waals surface area contributed by atoms with Crippen LogP contribution in [0.5, 0.6) is 0 Å². The van der Waals surface area contributed by atoms with Crippen molar-refractivity contribution in [1.82, 2.24) is 0 Å². The minimum Gasteiger partial charge on any atom is -0.300 e. The van der Waals surface area contributed by atoms with Crippen molar-refractivity contribution in [3.8, 4) is 0 Å². The van der Waals surface area contributed by atoms with Gasteiger partial charge in [-0.1, -0.05) is 6.07 Å². The monoisotopic (exact) mass is 225 g/mol. The van der Waals surface area contributed by atoms with E-state index < -0.39 is 9.84 Å². The standard InChI is InChI=1S/C10H11NO3S/c1-7-4-9-5-8(6-14-11)2-3-10(9)15(7,12)13/h2-5H,6,11H2,1H3. The zero-order valence-electron chi connectivity index (χ0n) is 8.23. The summed E-state index contributed by atoms with van der Waals surface area (Å²) < 4.78 is 23.5. The molecule has 1 heterocycles. The van der Waals surface area contributed by atoms with Gasteiger partial charge in [0.15, 0.2) is 0 Å². The fourth-order valence-electron chi connectivity index (χ4n) is 1.61. The Morgan fingerprint density at radius 1 is 1.40 bits per heavy atom. The van der Waals surface area contributed by atoms with Gasteiger partial charge in [0.05, 0.1) is 11.5 Å². The summed E-state index contributed by atoms with van der Waals surface area (Å²) in [6.07, 6.45) is 1.66. The molecule has 1 aromatic carbocycles. The highest BCUT2D eigenvalue weighted by Crippen LogP contribution is 2.32. The molecule has 0 saturated heterocycles. The molecule has 1 aliphatic rings. The first-order valence-electron chi connectivity index (χ1n) is 4.43. The lowest BCUT2D eigenvalue weighted by Crippen LogP contribution is -2.01. The lowest BCUT2D eigenvalue weighted by atomic mass is 10.1. The minimum absolute atomic E-state index is 0.278. The van der Waals surface area contributed by atoms with E-state index in [9.17, 15) is 8.42 Å². The van der Waals surface area contributed by atoms with E-state index in [1.807, 2.05) is 0 Å². The lowest BCUT2D eigenvalue weighted by Gasteiger charge is -2.02. The average Bonchev–Trinajstić information content (AvgIpc) is 2.38. The third-order valence-electron chi connectivity index (χ3n) is 2.40. The van der Waals surface area contributed by atoms with Crippen LogP contribution in [0.4, 0.5) is 0 Å². The molecule has 0 atom stereocenters. The zero-order valence-corrected chi connectivity index (χ0v) is 9.04. The van der Waals surface area contributed by atoms with E-state index in [0.717, 1.165) is 5.56 Å². The van der Waals surface area contributed by atoms with Crippen LogP contribution in [0.3, 0.4) is 0 Å². The largest absolute Gasteiger partial charge is 0.300 e. The third kappa shape index (κ3) is 1.58. The van der Waals surface area contributed by atoms with Crippen LogP contribution in [0.1, 0.15) is 18.1 Å². The summed E-state index contributed by atoms with van der Waals surface area (Å²) in [7, 11) is -3.23. The highest BCUT2D eigenvalue weighted by molar-refractivity contribution is 7.95. The fourth-order valence-corrected chi connectivity index (χ4v) is 2.92. The van der Waals surface area contributed by atoms with Crippen molar-refractivity contribution in [2.75, 3.05) is 0 Å². The third-order valence-corrected chi connectivity index (χ3v) is 4.31. The van der Waals surface area contributed by atoms with Crippen molar-refractivity contribution >= 4 is 15.9 Å². The van der Waals surface area contributed by atoms with Gasteiger partial charge in [-0.3, -0.25) is 4.84 Å². The van der Waals surface area contributed by atoms with Crippen LogP contribution in [0, 0.1) is 0 Å². The first-order valence-corrected chi connectivity index (χ1v) is 5.92. The van der Waals surface area contributed by atoms with Crippen molar-refractivity contribution in [3.05, 3.63) is 34.2 Å². The molecule has 15 heavy (non-hydrogen) atoms. The molecule has 0 amide bonds. The van der Waals surface area contributed by atoms with Gasteiger partial charge < -0.3 is 0 Å². The number of nitrogens with two attached hydrogens (primary N) is 1. The Kier molecular flexibility index (Phi) is 2.38. The molecular weight excluding hydrogens is 214 g/mol. The van der Waals surface area contributed by atoms with Crippen molar-refractivity contribution in [2.45, 2.75) is 18.4 Å². The number of rotatable bonds is 2. The molecule has 0 radical (unpaired) electrons. The Hall–Kier alpha value is -1.17. The molecule has 0 bridgehead atoms. The van der Waals surface area contributed by atoms with Crippen LogP contribution in [0.15, 0.2) is 28.0 Å². The maximum Gasteiger partial charge on any atom is 0.203 e. The molecule has 0 saturated carbocycles. The van der Waals surface area contributed by atoms with Gasteiger partial charge in [-0.2, -0.15) is 0 Å². The van der Waals surface area contributed by atoms with E-state index in [2.05, 4.69) is 4.84 Å². The Morgan fingerprint density at radius 3 is 2.80 bits per heavy atom. The normalized spacial score (nSPS) is 17.3. The molecular formula is C10H11NO3S. The second-order valence-corrected chi connectivity index (χ2v) is 5.53. The van der Waals surface area contributed by atoms with E-state index in [1.54, 1.807) is 31.2 Å². The predicted octanol–water partition coefficient (Wildman–Crippen LogP) is 1.23. The molecule has 2 N–H and O–H groups in total. The van der Waals surface area contributed by atoms with Gasteiger partial charge in [-0.25, -0.2) is 14.3 Å². The van der Waals surface area contributed by atoms with E-state index in [4.69, 9.17) is 5.90 Å². The Balaban J connectivity index is 2.54. The fraction of sp³-hybridized carbons (Fsp3) is 0.200. The molecule has 0 spiro atoms. The molecule has 0 aliphatic carbocycles. The van der Waals surface area contributed by atoms with Gasteiger partial charge in [-0.05, 0) is 36.3 Å². The lowest BCUT2D eigenvalue weighted by molar-refractivity contribution is 0.124. The van der Waals surface area contributed by atoms with Crippen LogP contribution in [-0.4, -0.2) is 8.42 Å². The van der Waals surface area contributed by atoms with Gasteiger partial charge in [0.25, 0.3) is 0 Å². The molecule has 0 unspecified atom stereocenters. The van der Waals surface area contributed by atoms with Crippen LogP contribution < -0.4 is 5.90 Å². The SMILES string of the molecule is CC1=Cc2cc(CON)ccc2S1(=O)=O. The van der Waals surface area contributed by atoms with Gasteiger partial charge in [0.2, 0.25) is 9.84 Å². The van der Waals surface area contributed by atoms with Crippen LogP contribution in [0.25, 0.3) is 6.08 Å². The van der Waals surface area contributed by atoms with Crippen molar-refractivity contribution in [1.29, 1.82) is 0 Å². The summed E-state index contributed by atoms with van der Waals surface area (Å²) in [5.41, 5.74) is 1.57. The number of benzene rings is 1. The van der Waals surface area contributed by atoms with Crippen LogP contribution in [0.2, 0.25) is 0 Å². The first kappa shape index (κ1) is 10.4. The van der Waals surface area contributed by atoms with Gasteiger partial charge >= 0.3 is 0 Å². The summed E-state index contributed by atoms with van der Waals surface area (Å²) in [5.74, 6) is 4.95. The van der Waals surface area contributed by atoms with E-state index in [1.165, 1.54) is 0 Å². The molecule has 2 rings (SSSR count). The molecule has 4 nitrogen and oxygen atoms in total. The number of hydrogen-bond acceptors (Lipinski definition) is 4. The number of fused-ring (bicyclic) bond motifs is 1. The molecule has 0 aromatic heterocycles. The van der Waals surface area contributed by atoms with Gasteiger partial charge in [0, 0.05) is 4.91 Å². The predicted molar refractivity (Wildman–Crippen MR) is 56.3 cm³/mol. The highest BCUT2D eigenvalue weighted by atomic mass is 32.2. The Morgan fingerprint density at radius 2 is 2.13 bits per heavy atom. The van der Waals surface area contributed by atoms with Gasteiger partial charge in [0.1, 0.15) is 0 Å². The second kappa shape index (κ2) is 3.44. The van der Waals surface area contributed by atoms with Crippen LogP contribution in [-0.2, 0) is 21.3 Å². The zero-order chi connectivity index (χ0) is 11.1. The Labute approximate surface area is 88.2 Å². The number of hydrogen-bond donors (Lipinski definition) is 1. The second-order valence-electron chi connectivity index (χ2n) is 3.44. The summed E-state index contributed by atoms with van der Waals surface area (Å²) in [4.78, 5) is 5.24. The smallest absolute Gasteiger partial charge is 0.203 e. The highest BCUT2D eigenvalue weighted by Gasteiger charge is 2.26. The van der Waals surface area contributed by atoms with E-state index >= 15 is 0 Å². The quantitative estimate of drug-likeness (QED) is 0.768. The Bertz CT molecular complexity index is 532. The van der Waals surface area contributed by atoms with Crippen molar-refractivity contribution in [2.24, 2.45) is 5.90 Å². The maximum atomic E-state index is 11.7. The van der Waals surface area contributed by atoms with Crippen molar-refractivity contribution in [3.63, 3.8) is 0 Å². The molecule has 5 heteroatoms. The van der Waals surface area contributed by atoms with Gasteiger partial charge in [-0.15, -0.1) is 0 Å². The number of allylic oxidation sites excluding steroid dienone is 1. The molecule has 1 aliphatic heterocycles. The molecule has 1 aromatic rings.